The highest BCUT2D eigenvalue weighted by molar-refractivity contribution is 5.80. The summed E-state index contributed by atoms with van der Waals surface area (Å²) in [7, 11) is 1.41. The molecule has 17 heavy (non-hydrogen) atoms. The van der Waals surface area contributed by atoms with Crippen LogP contribution < -0.4 is 0 Å². The first-order valence-electron chi connectivity index (χ1n) is 6.34. The van der Waals surface area contributed by atoms with E-state index in [2.05, 4.69) is 4.74 Å². The van der Waals surface area contributed by atoms with Crippen molar-refractivity contribution in [1.82, 2.24) is 0 Å². The molecule has 0 unspecified atom stereocenters. The Morgan fingerprint density at radius 2 is 2.35 bits per heavy atom. The smallest absolute Gasteiger partial charge is 0.312 e. The minimum atomic E-state index is -0.225. The van der Waals surface area contributed by atoms with Crippen LogP contribution in [0.4, 0.5) is 0 Å². The van der Waals surface area contributed by atoms with E-state index in [1.807, 2.05) is 6.92 Å². The first-order chi connectivity index (χ1) is 8.06. The third-order valence-electron chi connectivity index (χ3n) is 5.10. The molecule has 3 fully saturated rings. The van der Waals surface area contributed by atoms with Crippen molar-refractivity contribution in [2.75, 3.05) is 7.11 Å². The van der Waals surface area contributed by atoms with Crippen molar-refractivity contribution in [3.05, 3.63) is 0 Å². The van der Waals surface area contributed by atoms with Crippen molar-refractivity contribution in [2.45, 2.75) is 38.7 Å². The van der Waals surface area contributed by atoms with E-state index < -0.39 is 0 Å². The number of methoxy groups -OCH3 is 1. The van der Waals surface area contributed by atoms with Crippen LogP contribution in [0.15, 0.2) is 0 Å². The largest absolute Gasteiger partial charge is 0.469 e. The second kappa shape index (κ2) is 3.47. The van der Waals surface area contributed by atoms with Gasteiger partial charge in [0.05, 0.1) is 12.5 Å². The third kappa shape index (κ3) is 1.36. The molecule has 5 atom stereocenters. The molecule has 4 heteroatoms. The number of esters is 2. The van der Waals surface area contributed by atoms with Crippen LogP contribution in [0.3, 0.4) is 0 Å². The van der Waals surface area contributed by atoms with E-state index in [0.717, 1.165) is 19.3 Å². The van der Waals surface area contributed by atoms with Gasteiger partial charge in [-0.05, 0) is 38.0 Å². The zero-order valence-corrected chi connectivity index (χ0v) is 10.3. The maximum absolute atomic E-state index is 11.8. The van der Waals surface area contributed by atoms with Crippen LogP contribution in [0, 0.1) is 23.2 Å². The summed E-state index contributed by atoms with van der Waals surface area (Å²) in [6, 6.07) is 0. The molecule has 3 aliphatic rings. The molecule has 4 nitrogen and oxygen atoms in total. The van der Waals surface area contributed by atoms with Gasteiger partial charge in [0.15, 0.2) is 0 Å². The summed E-state index contributed by atoms with van der Waals surface area (Å²) >= 11 is 0. The van der Waals surface area contributed by atoms with Crippen LogP contribution in [-0.4, -0.2) is 25.2 Å². The molecule has 2 bridgehead atoms. The summed E-state index contributed by atoms with van der Waals surface area (Å²) in [5, 5.41) is 0. The molecular formula is C13H18O4. The molecule has 3 rings (SSSR count). The molecule has 0 aromatic heterocycles. The Morgan fingerprint density at radius 3 is 3.06 bits per heavy atom. The van der Waals surface area contributed by atoms with Crippen LogP contribution >= 0.6 is 0 Å². The third-order valence-corrected chi connectivity index (χ3v) is 5.10. The Balaban J connectivity index is 1.71. The van der Waals surface area contributed by atoms with Gasteiger partial charge in [0.2, 0.25) is 0 Å². The Morgan fingerprint density at radius 1 is 1.59 bits per heavy atom. The zero-order valence-electron chi connectivity index (χ0n) is 10.3. The first kappa shape index (κ1) is 11.1. The minimum absolute atomic E-state index is 0.0180. The Bertz CT molecular complexity index is 378. The monoisotopic (exact) mass is 238 g/mol. The molecule has 0 aromatic carbocycles. The lowest BCUT2D eigenvalue weighted by Gasteiger charge is -2.29. The average Bonchev–Trinajstić information content (AvgIpc) is 2.85. The molecule has 1 heterocycles. The van der Waals surface area contributed by atoms with Gasteiger partial charge in [-0.15, -0.1) is 0 Å². The predicted molar refractivity (Wildman–Crippen MR) is 58.9 cm³/mol. The van der Waals surface area contributed by atoms with E-state index in [1.54, 1.807) is 0 Å². The van der Waals surface area contributed by atoms with Crippen molar-refractivity contribution < 1.29 is 19.1 Å². The van der Waals surface area contributed by atoms with Crippen LogP contribution in [0.25, 0.3) is 0 Å². The molecule has 0 radical (unpaired) electrons. The summed E-state index contributed by atoms with van der Waals surface area (Å²) in [6.07, 6.45) is 3.34. The molecule has 1 aliphatic heterocycles. The molecule has 0 spiro atoms. The van der Waals surface area contributed by atoms with E-state index in [-0.39, 0.29) is 23.5 Å². The minimum Gasteiger partial charge on any atom is -0.469 e. The highest BCUT2D eigenvalue weighted by Crippen LogP contribution is 2.64. The van der Waals surface area contributed by atoms with Crippen LogP contribution in [0.2, 0.25) is 0 Å². The van der Waals surface area contributed by atoms with Crippen molar-refractivity contribution in [3.8, 4) is 0 Å². The maximum Gasteiger partial charge on any atom is 0.312 e. The van der Waals surface area contributed by atoms with Crippen LogP contribution in [0.5, 0.6) is 0 Å². The van der Waals surface area contributed by atoms with Gasteiger partial charge in [-0.3, -0.25) is 9.59 Å². The summed E-state index contributed by atoms with van der Waals surface area (Å²) in [5.74, 6) is 1.14. The zero-order chi connectivity index (χ0) is 12.2. The highest BCUT2D eigenvalue weighted by atomic mass is 16.6. The molecule has 0 aromatic rings. The molecule has 1 saturated heterocycles. The number of hydrogen-bond acceptors (Lipinski definition) is 4. The van der Waals surface area contributed by atoms with Gasteiger partial charge < -0.3 is 9.47 Å². The predicted octanol–water partition coefficient (Wildman–Crippen LogP) is 1.53. The SMILES string of the molecule is COC(=O)CC[C@@H]1[C@@H]2C[C@@H]3[C@H]1OC(=O)[C@]3(C)C2. The molecule has 2 aliphatic carbocycles. The fourth-order valence-electron chi connectivity index (χ4n) is 4.20. The number of carbonyl (C=O) groups is 2. The van der Waals surface area contributed by atoms with Gasteiger partial charge in [-0.25, -0.2) is 0 Å². The van der Waals surface area contributed by atoms with Crippen molar-refractivity contribution in [1.29, 1.82) is 0 Å². The van der Waals surface area contributed by atoms with Gasteiger partial charge >= 0.3 is 11.9 Å². The summed E-state index contributed by atoms with van der Waals surface area (Å²) in [4.78, 5) is 23.0. The molecule has 0 N–H and O–H groups in total. The lowest BCUT2D eigenvalue weighted by molar-refractivity contribution is -0.147. The number of fused-ring (bicyclic) bond motifs is 1. The number of ether oxygens (including phenoxy) is 2. The van der Waals surface area contributed by atoms with Crippen molar-refractivity contribution >= 4 is 11.9 Å². The normalized spacial score (nSPS) is 46.1. The molecule has 2 saturated carbocycles. The topological polar surface area (TPSA) is 52.6 Å². The molecule has 0 amide bonds. The van der Waals surface area contributed by atoms with Gasteiger partial charge in [0.25, 0.3) is 0 Å². The first-order valence-corrected chi connectivity index (χ1v) is 6.34. The summed E-state index contributed by atoms with van der Waals surface area (Å²) < 4.78 is 10.2. The fourth-order valence-corrected chi connectivity index (χ4v) is 4.20. The Labute approximate surface area is 101 Å². The Hall–Kier alpha value is -1.06. The van der Waals surface area contributed by atoms with E-state index in [0.29, 0.717) is 24.2 Å². The quantitative estimate of drug-likeness (QED) is 0.700. The number of hydrogen-bond donors (Lipinski definition) is 0. The van der Waals surface area contributed by atoms with Gasteiger partial charge in [0, 0.05) is 12.3 Å². The standard InChI is InChI=1S/C13H18O4/c1-13-6-7-5-9(13)11(17-12(13)15)8(7)3-4-10(14)16-2/h7-9,11H,3-6H2,1-2H3/t7-,8-,9-,11+,13-/m1/s1. The van der Waals surface area contributed by atoms with Gasteiger partial charge in [-0.2, -0.15) is 0 Å². The number of carbonyl (C=O) groups excluding carboxylic acids is 2. The van der Waals surface area contributed by atoms with Gasteiger partial charge in [-0.1, -0.05) is 0 Å². The lowest BCUT2D eigenvalue weighted by atomic mass is 9.71. The summed E-state index contributed by atoms with van der Waals surface area (Å²) in [6.45, 7) is 2.04. The van der Waals surface area contributed by atoms with Crippen molar-refractivity contribution in [2.24, 2.45) is 23.2 Å². The maximum atomic E-state index is 11.8. The summed E-state index contributed by atoms with van der Waals surface area (Å²) in [5.41, 5.74) is -0.225. The fraction of sp³-hybridized carbons (Fsp3) is 0.846. The Kier molecular flexibility index (Phi) is 2.25. The molecular weight excluding hydrogens is 220 g/mol. The lowest BCUT2D eigenvalue weighted by Crippen LogP contribution is -2.33. The van der Waals surface area contributed by atoms with Crippen LogP contribution in [0.1, 0.15) is 32.6 Å². The van der Waals surface area contributed by atoms with Crippen molar-refractivity contribution in [3.63, 3.8) is 0 Å². The second-order valence-electron chi connectivity index (χ2n) is 5.87. The van der Waals surface area contributed by atoms with E-state index in [9.17, 15) is 9.59 Å². The van der Waals surface area contributed by atoms with Crippen LogP contribution in [-0.2, 0) is 19.1 Å². The van der Waals surface area contributed by atoms with Gasteiger partial charge in [0.1, 0.15) is 6.10 Å². The number of rotatable bonds is 3. The molecule has 94 valence electrons. The second-order valence-corrected chi connectivity index (χ2v) is 5.87. The average molecular weight is 238 g/mol. The van der Waals surface area contributed by atoms with E-state index in [4.69, 9.17) is 4.74 Å². The van der Waals surface area contributed by atoms with E-state index >= 15 is 0 Å². The van der Waals surface area contributed by atoms with E-state index in [1.165, 1.54) is 7.11 Å². The highest BCUT2D eigenvalue weighted by Gasteiger charge is 2.67.